The van der Waals surface area contributed by atoms with E-state index in [0.29, 0.717) is 19.5 Å². The number of nitrogens with zero attached hydrogens (tertiary/aromatic N) is 1. The number of rotatable bonds is 6. The van der Waals surface area contributed by atoms with Gasteiger partial charge < -0.3 is 14.7 Å². The molecule has 1 fully saturated rings. The molecule has 1 aliphatic rings. The molecule has 2 unspecified atom stereocenters. The van der Waals surface area contributed by atoms with Crippen LogP contribution in [0.5, 0.6) is 5.75 Å². The van der Waals surface area contributed by atoms with Gasteiger partial charge in [-0.25, -0.2) is 0 Å². The van der Waals surface area contributed by atoms with E-state index in [1.807, 2.05) is 36.1 Å². The van der Waals surface area contributed by atoms with Crippen LogP contribution in [0, 0.1) is 11.3 Å². The second kappa shape index (κ2) is 6.31. The Morgan fingerprint density at radius 2 is 2.14 bits per heavy atom. The molecule has 0 bridgehead atoms. The summed E-state index contributed by atoms with van der Waals surface area (Å²) in [4.78, 5) is 14.5. The van der Waals surface area contributed by atoms with Crippen LogP contribution in [0.2, 0.25) is 0 Å². The van der Waals surface area contributed by atoms with Crippen molar-refractivity contribution in [3.63, 3.8) is 0 Å². The summed E-state index contributed by atoms with van der Waals surface area (Å²) in [5, 5.41) is 9.57. The van der Waals surface area contributed by atoms with Crippen LogP contribution in [0.25, 0.3) is 0 Å². The summed E-state index contributed by atoms with van der Waals surface area (Å²) in [6.07, 6.45) is 2.35. The number of benzene rings is 1. The van der Waals surface area contributed by atoms with Crippen molar-refractivity contribution < 1.29 is 14.6 Å². The minimum atomic E-state index is -0.539. The number of hydrogen-bond donors (Lipinski definition) is 1. The summed E-state index contributed by atoms with van der Waals surface area (Å²) < 4.78 is 5.14. The average molecular weight is 289 g/mol. The molecule has 0 spiro atoms. The Hall–Kier alpha value is -1.81. The van der Waals surface area contributed by atoms with Crippen LogP contribution in [0.1, 0.15) is 18.9 Å². The van der Waals surface area contributed by atoms with Gasteiger partial charge in [0.1, 0.15) is 5.75 Å². The van der Waals surface area contributed by atoms with E-state index in [2.05, 4.69) is 6.58 Å². The first kappa shape index (κ1) is 15.6. The molecule has 114 valence electrons. The topological polar surface area (TPSA) is 49.8 Å². The van der Waals surface area contributed by atoms with E-state index < -0.39 is 5.41 Å². The predicted molar refractivity (Wildman–Crippen MR) is 81.9 cm³/mol. The third kappa shape index (κ3) is 2.95. The molecule has 1 amide bonds. The molecule has 0 aliphatic carbocycles. The normalized spacial score (nSPS) is 25.2. The Labute approximate surface area is 126 Å². The molecule has 1 heterocycles. The number of likely N-dealkylation sites (tertiary alicyclic amines) is 1. The Morgan fingerprint density at radius 1 is 1.48 bits per heavy atom. The van der Waals surface area contributed by atoms with Crippen molar-refractivity contribution in [1.29, 1.82) is 0 Å². The maximum Gasteiger partial charge on any atom is 0.229 e. The number of aliphatic hydroxyl groups is 1. The van der Waals surface area contributed by atoms with Crippen molar-refractivity contribution in [1.82, 2.24) is 4.90 Å². The van der Waals surface area contributed by atoms with E-state index >= 15 is 0 Å². The van der Waals surface area contributed by atoms with Gasteiger partial charge in [-0.2, -0.15) is 0 Å². The fourth-order valence-electron chi connectivity index (χ4n) is 2.99. The zero-order valence-corrected chi connectivity index (χ0v) is 12.7. The first-order valence-electron chi connectivity index (χ1n) is 7.19. The molecule has 1 aliphatic heterocycles. The molecule has 1 aromatic rings. The quantitative estimate of drug-likeness (QED) is 0.817. The Kier molecular flexibility index (Phi) is 4.68. The lowest BCUT2D eigenvalue weighted by Crippen LogP contribution is -2.34. The van der Waals surface area contributed by atoms with Gasteiger partial charge in [0.05, 0.1) is 12.5 Å². The third-order valence-corrected chi connectivity index (χ3v) is 4.44. The number of amides is 1. The number of ether oxygens (including phenoxy) is 1. The molecule has 1 saturated heterocycles. The highest BCUT2D eigenvalue weighted by Gasteiger charge is 2.49. The lowest BCUT2D eigenvalue weighted by molar-refractivity contribution is -0.136. The minimum Gasteiger partial charge on any atom is -0.497 e. The van der Waals surface area contributed by atoms with Crippen LogP contribution in [-0.2, 0) is 11.3 Å². The second-order valence-corrected chi connectivity index (χ2v) is 5.82. The first-order valence-corrected chi connectivity index (χ1v) is 7.19. The molecule has 4 nitrogen and oxygen atoms in total. The zero-order chi connectivity index (χ0) is 15.5. The summed E-state index contributed by atoms with van der Waals surface area (Å²) in [5.74, 6) is 0.856. The fraction of sp³-hybridized carbons (Fsp3) is 0.471. The summed E-state index contributed by atoms with van der Waals surface area (Å²) in [5.41, 5.74) is 0.520. The molecule has 0 aromatic heterocycles. The highest BCUT2D eigenvalue weighted by atomic mass is 16.5. The highest BCUT2D eigenvalue weighted by Crippen LogP contribution is 2.40. The van der Waals surface area contributed by atoms with Gasteiger partial charge in [-0.15, -0.1) is 6.58 Å². The van der Waals surface area contributed by atoms with Gasteiger partial charge in [0.2, 0.25) is 5.91 Å². The number of aliphatic hydroxyl groups excluding tert-OH is 1. The van der Waals surface area contributed by atoms with E-state index in [1.165, 1.54) is 0 Å². The predicted octanol–water partition coefficient (Wildman–Crippen LogP) is 2.23. The van der Waals surface area contributed by atoms with Crippen molar-refractivity contribution in [3.8, 4) is 5.75 Å². The van der Waals surface area contributed by atoms with Crippen molar-refractivity contribution in [3.05, 3.63) is 42.5 Å². The van der Waals surface area contributed by atoms with Crippen LogP contribution in [0.3, 0.4) is 0 Å². The minimum absolute atomic E-state index is 0.0230. The van der Waals surface area contributed by atoms with Gasteiger partial charge in [0, 0.05) is 25.6 Å². The van der Waals surface area contributed by atoms with Gasteiger partial charge in [0.25, 0.3) is 0 Å². The SMILES string of the molecule is C=CCC1(C)C(=O)N(Cc2ccc(OC)cc2)CC1CO. The van der Waals surface area contributed by atoms with Crippen LogP contribution in [-0.4, -0.2) is 36.2 Å². The van der Waals surface area contributed by atoms with E-state index in [1.54, 1.807) is 13.2 Å². The molecule has 21 heavy (non-hydrogen) atoms. The van der Waals surface area contributed by atoms with E-state index in [4.69, 9.17) is 4.74 Å². The molecule has 0 saturated carbocycles. The molecular weight excluding hydrogens is 266 g/mol. The maximum absolute atomic E-state index is 12.7. The van der Waals surface area contributed by atoms with Crippen molar-refractivity contribution in [2.24, 2.45) is 11.3 Å². The maximum atomic E-state index is 12.7. The smallest absolute Gasteiger partial charge is 0.229 e. The standard InChI is InChI=1S/C17H23NO3/c1-4-9-17(2)14(12-19)11-18(16(17)20)10-13-5-7-15(21-3)8-6-13/h4-8,14,19H,1,9-12H2,2-3H3. The van der Waals surface area contributed by atoms with E-state index in [9.17, 15) is 9.90 Å². The molecule has 0 radical (unpaired) electrons. The summed E-state index contributed by atoms with van der Waals surface area (Å²) in [6, 6.07) is 7.71. The van der Waals surface area contributed by atoms with Crippen LogP contribution >= 0.6 is 0 Å². The molecule has 2 atom stereocenters. The number of allylic oxidation sites excluding steroid dienone is 1. The van der Waals surface area contributed by atoms with Gasteiger partial charge in [0.15, 0.2) is 0 Å². The second-order valence-electron chi connectivity index (χ2n) is 5.82. The van der Waals surface area contributed by atoms with Gasteiger partial charge in [-0.1, -0.05) is 25.1 Å². The van der Waals surface area contributed by atoms with Crippen LogP contribution in [0.15, 0.2) is 36.9 Å². The molecule has 1 aromatic carbocycles. The van der Waals surface area contributed by atoms with Crippen LogP contribution in [0.4, 0.5) is 0 Å². The zero-order valence-electron chi connectivity index (χ0n) is 12.7. The largest absolute Gasteiger partial charge is 0.497 e. The van der Waals surface area contributed by atoms with Crippen molar-refractivity contribution in [2.75, 3.05) is 20.3 Å². The number of carbonyl (C=O) groups excluding carboxylic acids is 1. The monoisotopic (exact) mass is 289 g/mol. The fourth-order valence-corrected chi connectivity index (χ4v) is 2.99. The number of methoxy groups -OCH3 is 1. The molecular formula is C17H23NO3. The van der Waals surface area contributed by atoms with Crippen molar-refractivity contribution >= 4 is 5.91 Å². The number of carbonyl (C=O) groups is 1. The molecule has 2 rings (SSSR count). The molecule has 1 N–H and O–H groups in total. The van der Waals surface area contributed by atoms with E-state index in [0.717, 1.165) is 11.3 Å². The lowest BCUT2D eigenvalue weighted by atomic mass is 9.77. The lowest BCUT2D eigenvalue weighted by Gasteiger charge is -2.25. The highest BCUT2D eigenvalue weighted by molar-refractivity contribution is 5.85. The Bertz CT molecular complexity index is 511. The molecule has 4 heteroatoms. The van der Waals surface area contributed by atoms with E-state index in [-0.39, 0.29) is 18.4 Å². The first-order chi connectivity index (χ1) is 10.0. The van der Waals surface area contributed by atoms with Crippen molar-refractivity contribution in [2.45, 2.75) is 19.9 Å². The average Bonchev–Trinajstić information content (AvgIpc) is 2.73. The summed E-state index contributed by atoms with van der Waals surface area (Å²) in [7, 11) is 1.63. The number of hydrogen-bond acceptors (Lipinski definition) is 3. The van der Waals surface area contributed by atoms with Crippen LogP contribution < -0.4 is 4.74 Å². The Balaban J connectivity index is 2.13. The van der Waals surface area contributed by atoms with Gasteiger partial charge >= 0.3 is 0 Å². The summed E-state index contributed by atoms with van der Waals surface area (Å²) >= 11 is 0. The van der Waals surface area contributed by atoms with Gasteiger partial charge in [-0.3, -0.25) is 4.79 Å². The third-order valence-electron chi connectivity index (χ3n) is 4.44. The summed E-state index contributed by atoms with van der Waals surface area (Å²) in [6.45, 7) is 6.83. The Morgan fingerprint density at radius 3 is 2.67 bits per heavy atom. The van der Waals surface area contributed by atoms with Gasteiger partial charge in [-0.05, 0) is 24.1 Å².